The number of nitrogens with one attached hydrogen (secondary N) is 2. The van der Waals surface area contributed by atoms with Crippen LogP contribution in [0.2, 0.25) is 5.02 Å². The number of amides is 1. The SMILES string of the molecule is Cc1cc(C)nc(NS(=O)(=O)c2ccc(NC(=O)CN(c3ccc(C)c(C)c3)S(=O)(=O)c3ccc(Cl)cc3)cc2)n1. The van der Waals surface area contributed by atoms with Gasteiger partial charge in [-0.3, -0.25) is 9.10 Å². The average Bonchev–Trinajstić information content (AvgIpc) is 2.88. The highest BCUT2D eigenvalue weighted by molar-refractivity contribution is 7.93. The zero-order valence-electron chi connectivity index (χ0n) is 22.7. The number of aromatic nitrogens is 2. The van der Waals surface area contributed by atoms with E-state index in [4.69, 9.17) is 11.6 Å². The monoisotopic (exact) mass is 613 g/mol. The number of carbonyl (C=O) groups is 1. The van der Waals surface area contributed by atoms with Gasteiger partial charge in [-0.15, -0.1) is 0 Å². The highest BCUT2D eigenvalue weighted by Crippen LogP contribution is 2.27. The van der Waals surface area contributed by atoms with Crippen molar-refractivity contribution in [3.63, 3.8) is 0 Å². The first-order chi connectivity index (χ1) is 19.2. The van der Waals surface area contributed by atoms with E-state index in [9.17, 15) is 21.6 Å². The number of hydrogen-bond donors (Lipinski definition) is 2. The van der Waals surface area contributed by atoms with E-state index in [1.54, 1.807) is 38.1 Å². The molecule has 0 unspecified atom stereocenters. The van der Waals surface area contributed by atoms with Crippen molar-refractivity contribution in [1.29, 1.82) is 0 Å². The number of carbonyl (C=O) groups excluding carboxylic acids is 1. The fourth-order valence-electron chi connectivity index (χ4n) is 3.93. The maximum Gasteiger partial charge on any atom is 0.264 e. The third kappa shape index (κ3) is 7.20. The second-order valence-electron chi connectivity index (χ2n) is 9.39. The first kappa shape index (κ1) is 30.0. The second-order valence-corrected chi connectivity index (χ2v) is 13.4. The fourth-order valence-corrected chi connectivity index (χ4v) is 6.41. The summed E-state index contributed by atoms with van der Waals surface area (Å²) in [6.07, 6.45) is 0. The van der Waals surface area contributed by atoms with E-state index < -0.39 is 32.5 Å². The van der Waals surface area contributed by atoms with E-state index in [0.29, 0.717) is 22.1 Å². The minimum Gasteiger partial charge on any atom is -0.325 e. The fraction of sp³-hybridized carbons (Fsp3) is 0.179. The van der Waals surface area contributed by atoms with Gasteiger partial charge in [-0.05, 0) is 106 Å². The molecular weight excluding hydrogens is 586 g/mol. The van der Waals surface area contributed by atoms with E-state index >= 15 is 0 Å². The highest BCUT2D eigenvalue weighted by Gasteiger charge is 2.28. The van der Waals surface area contributed by atoms with Gasteiger partial charge in [0.1, 0.15) is 6.54 Å². The van der Waals surface area contributed by atoms with Crippen molar-refractivity contribution in [1.82, 2.24) is 9.97 Å². The molecule has 41 heavy (non-hydrogen) atoms. The topological polar surface area (TPSA) is 138 Å². The predicted octanol–water partition coefficient (Wildman–Crippen LogP) is 5.00. The smallest absolute Gasteiger partial charge is 0.264 e. The van der Waals surface area contributed by atoms with Gasteiger partial charge in [0.15, 0.2) is 0 Å². The van der Waals surface area contributed by atoms with Crippen molar-refractivity contribution >= 4 is 54.9 Å². The molecule has 2 N–H and O–H groups in total. The summed E-state index contributed by atoms with van der Waals surface area (Å²) in [5.74, 6) is -0.675. The summed E-state index contributed by atoms with van der Waals surface area (Å²) in [5, 5.41) is 3.01. The summed E-state index contributed by atoms with van der Waals surface area (Å²) in [7, 11) is -8.13. The molecule has 0 atom stereocenters. The van der Waals surface area contributed by atoms with Crippen LogP contribution in [-0.4, -0.2) is 39.3 Å². The maximum absolute atomic E-state index is 13.6. The molecule has 0 saturated heterocycles. The van der Waals surface area contributed by atoms with Crippen molar-refractivity contribution in [3.05, 3.63) is 100 Å². The maximum atomic E-state index is 13.6. The van der Waals surface area contributed by atoms with Gasteiger partial charge in [-0.1, -0.05) is 17.7 Å². The van der Waals surface area contributed by atoms with Gasteiger partial charge in [0.05, 0.1) is 15.5 Å². The van der Waals surface area contributed by atoms with Crippen molar-refractivity contribution in [2.45, 2.75) is 37.5 Å². The van der Waals surface area contributed by atoms with Crippen LogP contribution in [0.4, 0.5) is 17.3 Å². The summed E-state index contributed by atoms with van der Waals surface area (Å²) in [5.41, 5.74) is 3.65. The Balaban J connectivity index is 1.55. The summed E-state index contributed by atoms with van der Waals surface area (Å²) < 4.78 is 56.2. The Labute approximate surface area is 244 Å². The van der Waals surface area contributed by atoms with Gasteiger partial charge in [-0.25, -0.2) is 31.5 Å². The molecule has 1 aromatic heterocycles. The first-order valence-electron chi connectivity index (χ1n) is 12.4. The number of benzene rings is 3. The van der Waals surface area contributed by atoms with Crippen molar-refractivity contribution in [2.24, 2.45) is 0 Å². The molecule has 0 bridgehead atoms. The molecule has 0 aliphatic rings. The van der Waals surface area contributed by atoms with Crippen LogP contribution in [0.3, 0.4) is 0 Å². The zero-order valence-corrected chi connectivity index (χ0v) is 25.1. The normalized spacial score (nSPS) is 11.6. The molecule has 1 heterocycles. The lowest BCUT2D eigenvalue weighted by Crippen LogP contribution is -2.38. The minimum atomic E-state index is -4.14. The van der Waals surface area contributed by atoms with Gasteiger partial charge in [0.2, 0.25) is 11.9 Å². The Bertz CT molecular complexity index is 1790. The third-order valence-corrected chi connectivity index (χ3v) is 9.51. The van der Waals surface area contributed by atoms with Crippen LogP contribution < -0.4 is 14.3 Å². The Hall–Kier alpha value is -4.00. The van der Waals surface area contributed by atoms with E-state index in [1.807, 2.05) is 13.8 Å². The van der Waals surface area contributed by atoms with Gasteiger partial charge in [0, 0.05) is 22.1 Å². The summed E-state index contributed by atoms with van der Waals surface area (Å²) in [6, 6.07) is 17.9. The van der Waals surface area contributed by atoms with Crippen LogP contribution in [0.5, 0.6) is 0 Å². The van der Waals surface area contributed by atoms with Crippen molar-refractivity contribution in [2.75, 3.05) is 20.9 Å². The number of hydrogen-bond acceptors (Lipinski definition) is 7. The second kappa shape index (κ2) is 11.9. The van der Waals surface area contributed by atoms with Crippen LogP contribution in [0.1, 0.15) is 22.5 Å². The molecule has 0 fully saturated rings. The summed E-state index contributed by atoms with van der Waals surface area (Å²) in [6.45, 7) is 6.68. The Morgan fingerprint density at radius 2 is 1.37 bits per heavy atom. The lowest BCUT2D eigenvalue weighted by Gasteiger charge is -2.25. The molecule has 4 aromatic rings. The lowest BCUT2D eigenvalue weighted by atomic mass is 10.1. The quantitative estimate of drug-likeness (QED) is 0.271. The number of anilines is 3. The molecule has 0 radical (unpaired) electrons. The molecule has 0 spiro atoms. The average molecular weight is 614 g/mol. The number of nitrogens with zero attached hydrogens (tertiary/aromatic N) is 3. The van der Waals surface area contributed by atoms with Crippen molar-refractivity contribution < 1.29 is 21.6 Å². The van der Waals surface area contributed by atoms with Crippen LogP contribution in [0.15, 0.2) is 82.6 Å². The highest BCUT2D eigenvalue weighted by atomic mass is 35.5. The van der Waals surface area contributed by atoms with E-state index in [-0.39, 0.29) is 21.4 Å². The Morgan fingerprint density at radius 3 is 1.95 bits per heavy atom. The van der Waals surface area contributed by atoms with Crippen LogP contribution in [-0.2, 0) is 24.8 Å². The van der Waals surface area contributed by atoms with E-state index in [0.717, 1.165) is 15.4 Å². The van der Waals surface area contributed by atoms with Gasteiger partial charge in [0.25, 0.3) is 20.0 Å². The molecule has 3 aromatic carbocycles. The molecule has 0 aliphatic carbocycles. The number of sulfonamides is 2. The number of aryl methyl sites for hydroxylation is 4. The minimum absolute atomic E-state index is 0.0252. The molecule has 10 nitrogen and oxygen atoms in total. The van der Waals surface area contributed by atoms with Crippen LogP contribution in [0.25, 0.3) is 0 Å². The molecule has 13 heteroatoms. The zero-order chi connectivity index (χ0) is 29.9. The third-order valence-electron chi connectivity index (χ3n) is 6.12. The van der Waals surface area contributed by atoms with Crippen LogP contribution >= 0.6 is 11.6 Å². The first-order valence-corrected chi connectivity index (χ1v) is 15.7. The van der Waals surface area contributed by atoms with E-state index in [2.05, 4.69) is 20.0 Å². The van der Waals surface area contributed by atoms with Crippen LogP contribution in [0, 0.1) is 27.7 Å². The lowest BCUT2D eigenvalue weighted by molar-refractivity contribution is -0.114. The molecule has 214 valence electrons. The van der Waals surface area contributed by atoms with Crippen molar-refractivity contribution in [3.8, 4) is 0 Å². The van der Waals surface area contributed by atoms with Gasteiger partial charge >= 0.3 is 0 Å². The summed E-state index contributed by atoms with van der Waals surface area (Å²) >= 11 is 5.94. The standard InChI is InChI=1S/C28H28ClN5O5S2/c1-18-5-10-24(15-19(18)2)34(41(38,39)26-11-6-22(29)7-12-26)17-27(35)32-23-8-13-25(14-9-23)40(36,37)33-28-30-20(3)16-21(4)31-28/h5-16H,17H2,1-4H3,(H,32,35)(H,30,31,33). The number of halogens is 1. The van der Waals surface area contributed by atoms with Gasteiger partial charge < -0.3 is 5.32 Å². The summed E-state index contributed by atoms with van der Waals surface area (Å²) in [4.78, 5) is 21.2. The Morgan fingerprint density at radius 1 is 0.780 bits per heavy atom. The molecule has 4 rings (SSSR count). The van der Waals surface area contributed by atoms with E-state index in [1.165, 1.54) is 48.5 Å². The molecule has 0 saturated carbocycles. The Kier molecular flexibility index (Phi) is 8.66. The molecular formula is C28H28ClN5O5S2. The number of rotatable bonds is 9. The van der Waals surface area contributed by atoms with Gasteiger partial charge in [-0.2, -0.15) is 0 Å². The largest absolute Gasteiger partial charge is 0.325 e. The molecule has 1 amide bonds. The predicted molar refractivity (Wildman–Crippen MR) is 159 cm³/mol. The molecule has 0 aliphatic heterocycles.